The predicted molar refractivity (Wildman–Crippen MR) is 110 cm³/mol. The summed E-state index contributed by atoms with van der Waals surface area (Å²) in [6.07, 6.45) is 2.00. The van der Waals surface area contributed by atoms with Gasteiger partial charge >= 0.3 is 0 Å². The number of nitrogens with one attached hydrogen (secondary N) is 1. The van der Waals surface area contributed by atoms with E-state index in [4.69, 9.17) is 16.3 Å². The molecule has 0 spiro atoms. The van der Waals surface area contributed by atoms with Gasteiger partial charge in [-0.1, -0.05) is 54.6 Å². The van der Waals surface area contributed by atoms with Gasteiger partial charge in [-0.3, -0.25) is 14.5 Å². The minimum Gasteiger partial charge on any atom is -0.381 e. The number of anilines is 1. The van der Waals surface area contributed by atoms with Gasteiger partial charge in [0.2, 0.25) is 5.91 Å². The zero-order valence-corrected chi connectivity index (χ0v) is 16.3. The second kappa shape index (κ2) is 9.04. The zero-order valence-electron chi connectivity index (χ0n) is 15.6. The van der Waals surface area contributed by atoms with Gasteiger partial charge in [0.05, 0.1) is 0 Å². The molecule has 0 unspecified atom stereocenters. The highest BCUT2D eigenvalue weighted by Gasteiger charge is 2.47. The van der Waals surface area contributed by atoms with Crippen LogP contribution in [0.5, 0.6) is 0 Å². The Morgan fingerprint density at radius 2 is 1.86 bits per heavy atom. The van der Waals surface area contributed by atoms with Crippen LogP contribution >= 0.6 is 11.6 Å². The Hall–Kier alpha value is -2.63. The molecule has 6 heteroatoms. The smallest absolute Gasteiger partial charge is 0.251 e. The van der Waals surface area contributed by atoms with E-state index in [2.05, 4.69) is 11.9 Å². The van der Waals surface area contributed by atoms with Crippen LogP contribution in [0.15, 0.2) is 67.3 Å². The third kappa shape index (κ3) is 4.26. The summed E-state index contributed by atoms with van der Waals surface area (Å²) < 4.78 is 5.49. The van der Waals surface area contributed by atoms with Crippen molar-refractivity contribution in [1.82, 2.24) is 5.32 Å². The lowest BCUT2D eigenvalue weighted by Crippen LogP contribution is -2.63. The number of carbonyl (C=O) groups excluding carboxylic acids is 2. The first-order valence-electron chi connectivity index (χ1n) is 9.19. The molecule has 2 aromatic carbocycles. The maximum absolute atomic E-state index is 13.4. The van der Waals surface area contributed by atoms with Gasteiger partial charge in [-0.2, -0.15) is 0 Å². The van der Waals surface area contributed by atoms with Crippen LogP contribution in [0.25, 0.3) is 0 Å². The first kappa shape index (κ1) is 20.1. The van der Waals surface area contributed by atoms with Crippen molar-refractivity contribution in [2.75, 3.05) is 18.1 Å². The maximum Gasteiger partial charge on any atom is 0.251 e. The second-order valence-electron chi connectivity index (χ2n) is 6.67. The normalized spacial score (nSPS) is 15.5. The standard InChI is InChI=1S/C22H23ClN2O3/c1-2-20(26)25(19-10-6-9-18(23)15-19)22(11-13-28-14-12-22)21(27)24-16-17-7-4-3-5-8-17/h2-10,15H,1,11-14,16H2,(H,24,27). The summed E-state index contributed by atoms with van der Waals surface area (Å²) in [5, 5.41) is 3.49. The van der Waals surface area contributed by atoms with Gasteiger partial charge in [0.1, 0.15) is 5.54 Å². The highest BCUT2D eigenvalue weighted by atomic mass is 35.5. The largest absolute Gasteiger partial charge is 0.381 e. The first-order valence-corrected chi connectivity index (χ1v) is 9.57. The molecule has 0 atom stereocenters. The minimum atomic E-state index is -1.07. The molecular weight excluding hydrogens is 376 g/mol. The topological polar surface area (TPSA) is 58.6 Å². The Labute approximate surface area is 169 Å². The quantitative estimate of drug-likeness (QED) is 0.754. The molecule has 146 valence electrons. The molecule has 0 bridgehead atoms. The number of nitrogens with zero attached hydrogens (tertiary/aromatic N) is 1. The van der Waals surface area contributed by atoms with Gasteiger partial charge in [-0.05, 0) is 29.8 Å². The highest BCUT2D eigenvalue weighted by Crippen LogP contribution is 2.34. The molecule has 5 nitrogen and oxygen atoms in total. The molecule has 0 aromatic heterocycles. The van der Waals surface area contributed by atoms with E-state index in [1.165, 1.54) is 11.0 Å². The van der Waals surface area contributed by atoms with Crippen molar-refractivity contribution in [3.8, 4) is 0 Å². The Kier molecular flexibility index (Phi) is 6.49. The van der Waals surface area contributed by atoms with Crippen molar-refractivity contribution < 1.29 is 14.3 Å². The molecule has 1 aliphatic rings. The van der Waals surface area contributed by atoms with Crippen molar-refractivity contribution >= 4 is 29.1 Å². The summed E-state index contributed by atoms with van der Waals surface area (Å²) >= 11 is 6.15. The number of ether oxygens (including phenoxy) is 1. The average Bonchev–Trinajstić information content (AvgIpc) is 2.73. The Morgan fingerprint density at radius 1 is 1.14 bits per heavy atom. The third-order valence-corrected chi connectivity index (χ3v) is 5.16. The van der Waals surface area contributed by atoms with E-state index in [9.17, 15) is 9.59 Å². The first-order chi connectivity index (χ1) is 13.6. The summed E-state index contributed by atoms with van der Waals surface area (Å²) in [5.41, 5.74) is 0.486. The molecule has 0 radical (unpaired) electrons. The molecule has 2 amide bonds. The van der Waals surface area contributed by atoms with Crippen LogP contribution in [0.2, 0.25) is 5.02 Å². The molecule has 1 N–H and O–H groups in total. The lowest BCUT2D eigenvalue weighted by atomic mass is 9.85. The van der Waals surface area contributed by atoms with E-state index in [0.29, 0.717) is 43.3 Å². The number of carbonyl (C=O) groups is 2. The fourth-order valence-electron chi connectivity index (χ4n) is 3.50. The molecule has 1 heterocycles. The van der Waals surface area contributed by atoms with Crippen molar-refractivity contribution in [2.24, 2.45) is 0 Å². The number of hydrogen-bond acceptors (Lipinski definition) is 3. The monoisotopic (exact) mass is 398 g/mol. The van der Waals surface area contributed by atoms with Crippen LogP contribution in [0.4, 0.5) is 5.69 Å². The Balaban J connectivity index is 1.96. The molecule has 1 saturated heterocycles. The van der Waals surface area contributed by atoms with Gasteiger partial charge in [0.25, 0.3) is 5.91 Å². The van der Waals surface area contributed by atoms with E-state index >= 15 is 0 Å². The molecule has 1 aliphatic heterocycles. The van der Waals surface area contributed by atoms with E-state index in [0.717, 1.165) is 5.56 Å². The molecule has 1 fully saturated rings. The van der Waals surface area contributed by atoms with Gasteiger partial charge < -0.3 is 10.1 Å². The van der Waals surface area contributed by atoms with Crippen LogP contribution in [-0.4, -0.2) is 30.6 Å². The second-order valence-corrected chi connectivity index (χ2v) is 7.11. The fourth-order valence-corrected chi connectivity index (χ4v) is 3.68. The SMILES string of the molecule is C=CC(=O)N(c1cccc(Cl)c1)C1(C(=O)NCc2ccccc2)CCOCC1. The van der Waals surface area contributed by atoms with Crippen molar-refractivity contribution in [1.29, 1.82) is 0 Å². The molecular formula is C22H23ClN2O3. The molecule has 0 saturated carbocycles. The van der Waals surface area contributed by atoms with Gasteiger partial charge in [-0.15, -0.1) is 0 Å². The number of amides is 2. The maximum atomic E-state index is 13.4. The van der Waals surface area contributed by atoms with Crippen LogP contribution in [0.3, 0.4) is 0 Å². The van der Waals surface area contributed by atoms with Crippen LogP contribution in [-0.2, 0) is 20.9 Å². The predicted octanol–water partition coefficient (Wildman–Crippen LogP) is 3.72. The summed E-state index contributed by atoms with van der Waals surface area (Å²) in [4.78, 5) is 27.7. The number of hydrogen-bond donors (Lipinski definition) is 1. The van der Waals surface area contributed by atoms with Crippen LogP contribution < -0.4 is 10.2 Å². The van der Waals surface area contributed by atoms with Crippen molar-refractivity contribution in [3.05, 3.63) is 77.8 Å². The molecule has 2 aromatic rings. The minimum absolute atomic E-state index is 0.213. The summed E-state index contributed by atoms with van der Waals surface area (Å²) in [6.45, 7) is 4.78. The lowest BCUT2D eigenvalue weighted by molar-refractivity contribution is -0.133. The molecule has 3 rings (SSSR count). The number of halogens is 1. The molecule has 28 heavy (non-hydrogen) atoms. The van der Waals surface area contributed by atoms with Crippen LogP contribution in [0.1, 0.15) is 18.4 Å². The van der Waals surface area contributed by atoms with Crippen molar-refractivity contribution in [3.63, 3.8) is 0 Å². The molecule has 0 aliphatic carbocycles. The highest BCUT2D eigenvalue weighted by molar-refractivity contribution is 6.31. The van der Waals surface area contributed by atoms with Crippen molar-refractivity contribution in [2.45, 2.75) is 24.9 Å². The van der Waals surface area contributed by atoms with E-state index in [1.807, 2.05) is 30.3 Å². The summed E-state index contributed by atoms with van der Waals surface area (Å²) in [7, 11) is 0. The van der Waals surface area contributed by atoms with Crippen LogP contribution in [0, 0.1) is 0 Å². The summed E-state index contributed by atoms with van der Waals surface area (Å²) in [6, 6.07) is 16.6. The van der Waals surface area contributed by atoms with E-state index < -0.39 is 5.54 Å². The van der Waals surface area contributed by atoms with E-state index in [1.54, 1.807) is 24.3 Å². The average molecular weight is 399 g/mol. The zero-order chi connectivity index (χ0) is 20.0. The third-order valence-electron chi connectivity index (χ3n) is 4.93. The van der Waals surface area contributed by atoms with E-state index in [-0.39, 0.29) is 11.8 Å². The Bertz CT molecular complexity index is 848. The number of benzene rings is 2. The van der Waals surface area contributed by atoms with Gasteiger partial charge in [0.15, 0.2) is 0 Å². The summed E-state index contributed by atoms with van der Waals surface area (Å²) in [5.74, 6) is -0.561. The number of rotatable bonds is 6. The van der Waals surface area contributed by atoms with Gasteiger partial charge in [-0.25, -0.2) is 0 Å². The Morgan fingerprint density at radius 3 is 2.50 bits per heavy atom. The fraction of sp³-hybridized carbons (Fsp3) is 0.273. The lowest BCUT2D eigenvalue weighted by Gasteiger charge is -2.44. The van der Waals surface area contributed by atoms with Gasteiger partial charge in [0, 0.05) is 43.3 Å².